The van der Waals surface area contributed by atoms with Crippen molar-refractivity contribution in [1.82, 2.24) is 0 Å². The summed E-state index contributed by atoms with van der Waals surface area (Å²) in [5.74, 6) is -0.595. The maximum atomic E-state index is 11.1. The van der Waals surface area contributed by atoms with Crippen LogP contribution in [0.1, 0.15) is 104 Å². The first-order valence-electron chi connectivity index (χ1n) is 10.7. The summed E-state index contributed by atoms with van der Waals surface area (Å²) in [5.41, 5.74) is 0. The molecule has 142 valence electrons. The van der Waals surface area contributed by atoms with Crippen molar-refractivity contribution in [3.8, 4) is 0 Å². The molecule has 1 rings (SSSR count). The lowest BCUT2D eigenvalue weighted by atomic mass is 10.0. The summed E-state index contributed by atoms with van der Waals surface area (Å²) in [6.45, 7) is 7.33. The first-order chi connectivity index (χ1) is 11.7. The quantitative estimate of drug-likeness (QED) is 0.207. The number of hydrogen-bond acceptors (Lipinski definition) is 1. The third kappa shape index (κ3) is 8.50. The molecule has 1 fully saturated rings. The van der Waals surface area contributed by atoms with E-state index in [1.165, 1.54) is 89.9 Å². The molecule has 0 bridgehead atoms. The summed E-state index contributed by atoms with van der Waals surface area (Å²) in [4.78, 5) is 11.1. The van der Waals surface area contributed by atoms with Crippen LogP contribution in [0.4, 0.5) is 0 Å². The lowest BCUT2D eigenvalue weighted by Crippen LogP contribution is -2.32. The molecule has 3 heteroatoms. The fraction of sp³-hybridized carbons (Fsp3) is 0.952. The van der Waals surface area contributed by atoms with Gasteiger partial charge in [0.2, 0.25) is 6.04 Å². The van der Waals surface area contributed by atoms with E-state index in [-0.39, 0.29) is 6.04 Å². The van der Waals surface area contributed by atoms with Crippen LogP contribution >= 0.6 is 0 Å². The number of quaternary nitrogens is 1. The topological polar surface area (TPSA) is 37.3 Å². The first kappa shape index (κ1) is 21.5. The van der Waals surface area contributed by atoms with E-state index in [4.69, 9.17) is 5.11 Å². The Morgan fingerprint density at radius 3 is 1.54 bits per heavy atom. The number of unbranched alkanes of at least 4 members (excludes halogenated alkanes) is 13. The Morgan fingerprint density at radius 2 is 1.21 bits per heavy atom. The van der Waals surface area contributed by atoms with Gasteiger partial charge in [-0.2, -0.15) is 0 Å². The lowest BCUT2D eigenvalue weighted by molar-refractivity contribution is -0.807. The third-order valence-electron chi connectivity index (χ3n) is 5.94. The summed E-state index contributed by atoms with van der Waals surface area (Å²) in [7, 11) is 0. The van der Waals surface area contributed by atoms with Gasteiger partial charge in [0.1, 0.15) is 6.54 Å². The molecule has 2 unspecified atom stereocenters. The Morgan fingerprint density at radius 1 is 0.792 bits per heavy atom. The van der Waals surface area contributed by atoms with Crippen LogP contribution in [0.5, 0.6) is 0 Å². The van der Waals surface area contributed by atoms with Gasteiger partial charge in [0.25, 0.3) is 0 Å². The first-order valence-corrected chi connectivity index (χ1v) is 10.7. The zero-order valence-corrected chi connectivity index (χ0v) is 16.4. The SMILES string of the molecule is CCCCCCCCCCCCCCCC[N+]1(CC)CC1C(=O)O. The average molecular weight is 341 g/mol. The molecule has 1 saturated heterocycles. The van der Waals surface area contributed by atoms with Crippen molar-refractivity contribution < 1.29 is 14.4 Å². The van der Waals surface area contributed by atoms with Crippen LogP contribution in [0.3, 0.4) is 0 Å². The highest BCUT2D eigenvalue weighted by atomic mass is 16.4. The summed E-state index contributed by atoms with van der Waals surface area (Å²) in [6, 6.07) is -0.100. The minimum atomic E-state index is -0.595. The van der Waals surface area contributed by atoms with Gasteiger partial charge in [-0.25, -0.2) is 4.79 Å². The number of carboxylic acid groups (broad SMARTS) is 1. The van der Waals surface area contributed by atoms with Crippen molar-refractivity contribution in [2.45, 2.75) is 110 Å². The maximum Gasteiger partial charge on any atom is 0.368 e. The monoisotopic (exact) mass is 340 g/mol. The van der Waals surface area contributed by atoms with E-state index in [0.717, 1.165) is 24.1 Å². The summed E-state index contributed by atoms with van der Waals surface area (Å²) in [6.07, 6.45) is 19.3. The normalized spacial score (nSPS) is 22.7. The van der Waals surface area contributed by atoms with Crippen molar-refractivity contribution in [2.24, 2.45) is 0 Å². The van der Waals surface area contributed by atoms with Crippen LogP contribution in [0.2, 0.25) is 0 Å². The van der Waals surface area contributed by atoms with E-state index in [9.17, 15) is 4.79 Å². The van der Waals surface area contributed by atoms with E-state index in [0.29, 0.717) is 0 Å². The fourth-order valence-corrected chi connectivity index (χ4v) is 3.99. The second kappa shape index (κ2) is 12.7. The van der Waals surface area contributed by atoms with Gasteiger partial charge in [-0.15, -0.1) is 0 Å². The van der Waals surface area contributed by atoms with Crippen LogP contribution in [0, 0.1) is 0 Å². The zero-order chi connectivity index (χ0) is 17.7. The molecule has 1 N–H and O–H groups in total. The van der Waals surface area contributed by atoms with Gasteiger partial charge in [-0.3, -0.25) is 0 Å². The molecule has 1 aliphatic rings. The minimum absolute atomic E-state index is 0.100. The van der Waals surface area contributed by atoms with E-state index in [1.54, 1.807) is 0 Å². The molecule has 0 radical (unpaired) electrons. The minimum Gasteiger partial charge on any atom is -0.477 e. The highest BCUT2D eigenvalue weighted by Gasteiger charge is 2.58. The lowest BCUT2D eigenvalue weighted by Gasteiger charge is -2.17. The van der Waals surface area contributed by atoms with Gasteiger partial charge < -0.3 is 9.59 Å². The summed E-state index contributed by atoms with van der Waals surface area (Å²) < 4.78 is 0.841. The van der Waals surface area contributed by atoms with Gasteiger partial charge in [0, 0.05) is 0 Å². The number of aliphatic carboxylic acids is 1. The number of nitrogens with zero attached hydrogens (tertiary/aromatic N) is 1. The molecule has 0 saturated carbocycles. The predicted octanol–water partition coefficient (Wildman–Crippen LogP) is 5.77. The molecule has 24 heavy (non-hydrogen) atoms. The predicted molar refractivity (Wildman–Crippen MR) is 102 cm³/mol. The van der Waals surface area contributed by atoms with Crippen LogP contribution in [0.25, 0.3) is 0 Å². The fourth-order valence-electron chi connectivity index (χ4n) is 3.99. The Hall–Kier alpha value is -0.570. The van der Waals surface area contributed by atoms with Crippen LogP contribution in [-0.4, -0.2) is 41.2 Å². The van der Waals surface area contributed by atoms with E-state index in [1.807, 2.05) is 0 Å². The van der Waals surface area contributed by atoms with Gasteiger partial charge in [-0.05, 0) is 19.8 Å². The molecule has 0 aromatic heterocycles. The van der Waals surface area contributed by atoms with Gasteiger partial charge in [-0.1, -0.05) is 84.0 Å². The maximum absolute atomic E-state index is 11.1. The standard InChI is InChI=1S/C21H41NO2/c1-3-5-6-7-8-9-10-11-12-13-14-15-16-17-18-22(4-2)19-20(22)21(23)24/h20H,3-19H2,1-2H3/p+1. The van der Waals surface area contributed by atoms with Crippen molar-refractivity contribution in [1.29, 1.82) is 0 Å². The number of likely N-dealkylation sites (N-methyl/N-ethyl adjacent to an activating group) is 1. The van der Waals surface area contributed by atoms with Gasteiger partial charge in [0.05, 0.1) is 13.1 Å². The smallest absolute Gasteiger partial charge is 0.368 e. The molecule has 0 aromatic carbocycles. The Kier molecular flexibility index (Phi) is 11.4. The van der Waals surface area contributed by atoms with Crippen molar-refractivity contribution in [2.75, 3.05) is 19.6 Å². The molecule has 0 aromatic rings. The Balaban J connectivity index is 1.81. The van der Waals surface area contributed by atoms with Crippen molar-refractivity contribution in [3.63, 3.8) is 0 Å². The number of hydrogen-bond donors (Lipinski definition) is 1. The summed E-state index contributed by atoms with van der Waals surface area (Å²) >= 11 is 0. The van der Waals surface area contributed by atoms with E-state index in [2.05, 4.69) is 13.8 Å². The third-order valence-corrected chi connectivity index (χ3v) is 5.94. The number of carboxylic acids is 1. The Bertz CT molecular complexity index is 332. The molecule has 2 atom stereocenters. The second-order valence-electron chi connectivity index (χ2n) is 7.89. The molecular formula is C21H42NO2+. The summed E-state index contributed by atoms with van der Waals surface area (Å²) in [5, 5.41) is 9.12. The molecule has 0 amide bonds. The van der Waals surface area contributed by atoms with Crippen LogP contribution < -0.4 is 0 Å². The van der Waals surface area contributed by atoms with Crippen LogP contribution in [0.15, 0.2) is 0 Å². The molecule has 0 aliphatic carbocycles. The molecule has 0 spiro atoms. The van der Waals surface area contributed by atoms with E-state index < -0.39 is 5.97 Å². The highest BCUT2D eigenvalue weighted by Crippen LogP contribution is 2.31. The highest BCUT2D eigenvalue weighted by molar-refractivity contribution is 5.74. The average Bonchev–Trinajstić information content (AvgIpc) is 3.31. The zero-order valence-electron chi connectivity index (χ0n) is 16.4. The molecule has 3 nitrogen and oxygen atoms in total. The molecule has 1 heterocycles. The van der Waals surface area contributed by atoms with Crippen LogP contribution in [-0.2, 0) is 4.79 Å². The molecular weight excluding hydrogens is 298 g/mol. The second-order valence-corrected chi connectivity index (χ2v) is 7.89. The Labute approximate surface area is 150 Å². The molecule has 1 aliphatic heterocycles. The van der Waals surface area contributed by atoms with Crippen molar-refractivity contribution >= 4 is 5.97 Å². The largest absolute Gasteiger partial charge is 0.477 e. The van der Waals surface area contributed by atoms with Crippen molar-refractivity contribution in [3.05, 3.63) is 0 Å². The number of carbonyl (C=O) groups is 1. The van der Waals surface area contributed by atoms with Gasteiger partial charge >= 0.3 is 5.97 Å². The van der Waals surface area contributed by atoms with Gasteiger partial charge in [0.15, 0.2) is 0 Å². The van der Waals surface area contributed by atoms with E-state index >= 15 is 0 Å². The number of rotatable bonds is 17.